The van der Waals surface area contributed by atoms with E-state index in [1.54, 1.807) is 23.0 Å². The van der Waals surface area contributed by atoms with E-state index in [4.69, 9.17) is 4.74 Å². The van der Waals surface area contributed by atoms with Gasteiger partial charge in [-0.2, -0.15) is 0 Å². The van der Waals surface area contributed by atoms with E-state index >= 15 is 0 Å². The Bertz CT molecular complexity index is 695. The first-order valence-electron chi connectivity index (χ1n) is 5.96. The van der Waals surface area contributed by atoms with Crippen LogP contribution in [0.2, 0.25) is 0 Å². The number of rotatable bonds is 5. The van der Waals surface area contributed by atoms with Gasteiger partial charge in [0, 0.05) is 5.38 Å². The molecule has 0 atom stereocenters. The average Bonchev–Trinajstić information content (AvgIpc) is 2.92. The number of sulfonamides is 1. The maximum atomic E-state index is 12.4. The number of nitrogens with one attached hydrogen (secondary N) is 1. The summed E-state index contributed by atoms with van der Waals surface area (Å²) < 4.78 is 32.4. The number of ether oxygens (including phenoxy) is 1. The number of thiazole rings is 1. The first-order valence-corrected chi connectivity index (χ1v) is 8.38. The van der Waals surface area contributed by atoms with Gasteiger partial charge in [-0.05, 0) is 37.1 Å². The fourth-order valence-electron chi connectivity index (χ4n) is 1.70. The topological polar surface area (TPSA) is 68.3 Å². The largest absolute Gasteiger partial charge is 0.495 e. The zero-order valence-electron chi connectivity index (χ0n) is 11.5. The Balaban J connectivity index is 2.31. The van der Waals surface area contributed by atoms with Crippen LogP contribution < -0.4 is 9.46 Å². The van der Waals surface area contributed by atoms with E-state index in [2.05, 4.69) is 9.71 Å². The maximum absolute atomic E-state index is 12.4. The molecule has 0 unspecified atom stereocenters. The lowest BCUT2D eigenvalue weighted by Gasteiger charge is -2.12. The van der Waals surface area contributed by atoms with Gasteiger partial charge < -0.3 is 4.74 Å². The van der Waals surface area contributed by atoms with E-state index in [-0.39, 0.29) is 11.4 Å². The van der Waals surface area contributed by atoms with E-state index in [1.807, 2.05) is 13.8 Å². The van der Waals surface area contributed by atoms with Crippen molar-refractivity contribution in [3.05, 3.63) is 39.8 Å². The van der Waals surface area contributed by atoms with Crippen LogP contribution in [0.25, 0.3) is 0 Å². The molecule has 0 aliphatic rings. The molecule has 108 valence electrons. The highest BCUT2D eigenvalue weighted by molar-refractivity contribution is 7.89. The number of aromatic nitrogens is 1. The summed E-state index contributed by atoms with van der Waals surface area (Å²) in [5, 5.41) is 1.81. The highest BCUT2D eigenvalue weighted by atomic mass is 32.2. The smallest absolute Gasteiger partial charge is 0.244 e. The lowest BCUT2D eigenvalue weighted by Crippen LogP contribution is -2.24. The Morgan fingerprint density at radius 3 is 2.60 bits per heavy atom. The van der Waals surface area contributed by atoms with Crippen molar-refractivity contribution >= 4 is 21.4 Å². The lowest BCUT2D eigenvalue weighted by molar-refractivity contribution is 0.401. The molecule has 0 bridgehead atoms. The number of benzene rings is 1. The molecule has 0 spiro atoms. The van der Waals surface area contributed by atoms with Gasteiger partial charge in [0.1, 0.15) is 10.6 Å². The van der Waals surface area contributed by atoms with Crippen LogP contribution in [0.4, 0.5) is 0 Å². The summed E-state index contributed by atoms with van der Waals surface area (Å²) in [5.41, 5.74) is 4.25. The molecule has 2 aromatic rings. The molecule has 1 aromatic carbocycles. The van der Waals surface area contributed by atoms with Crippen molar-refractivity contribution in [3.8, 4) is 5.75 Å². The summed E-state index contributed by atoms with van der Waals surface area (Å²) in [6.07, 6.45) is 0. The SMILES string of the molecule is COc1cc(C)c(C)cc1S(=O)(=O)NCc1cscn1. The van der Waals surface area contributed by atoms with Gasteiger partial charge in [0.2, 0.25) is 10.0 Å². The molecular formula is C13H16N2O3S2. The van der Waals surface area contributed by atoms with Crippen molar-refractivity contribution in [2.75, 3.05) is 7.11 Å². The zero-order chi connectivity index (χ0) is 14.8. The highest BCUT2D eigenvalue weighted by Gasteiger charge is 2.20. The van der Waals surface area contributed by atoms with Crippen LogP contribution in [-0.2, 0) is 16.6 Å². The second kappa shape index (κ2) is 5.90. The van der Waals surface area contributed by atoms with Crippen molar-refractivity contribution in [1.82, 2.24) is 9.71 Å². The molecule has 1 aromatic heterocycles. The molecule has 0 aliphatic carbocycles. The number of nitrogens with zero attached hydrogens (tertiary/aromatic N) is 1. The second-order valence-electron chi connectivity index (χ2n) is 4.39. The van der Waals surface area contributed by atoms with E-state index in [9.17, 15) is 8.42 Å². The molecule has 7 heteroatoms. The Morgan fingerprint density at radius 2 is 2.00 bits per heavy atom. The Labute approximate surface area is 122 Å². The second-order valence-corrected chi connectivity index (χ2v) is 6.85. The summed E-state index contributed by atoms with van der Waals surface area (Å²) in [6.45, 7) is 3.95. The van der Waals surface area contributed by atoms with E-state index in [1.165, 1.54) is 18.4 Å². The van der Waals surface area contributed by atoms with Gasteiger partial charge >= 0.3 is 0 Å². The molecule has 1 heterocycles. The van der Waals surface area contributed by atoms with E-state index < -0.39 is 10.0 Å². The summed E-state index contributed by atoms with van der Waals surface area (Å²) in [6, 6.07) is 3.35. The fourth-order valence-corrected chi connectivity index (χ4v) is 3.50. The summed E-state index contributed by atoms with van der Waals surface area (Å²) in [7, 11) is -2.17. The number of hydrogen-bond donors (Lipinski definition) is 1. The lowest BCUT2D eigenvalue weighted by atomic mass is 10.1. The van der Waals surface area contributed by atoms with Gasteiger partial charge in [0.15, 0.2) is 0 Å². The molecule has 0 amide bonds. The van der Waals surface area contributed by atoms with Crippen LogP contribution in [0.5, 0.6) is 5.75 Å². The first-order chi connectivity index (χ1) is 9.44. The predicted octanol–water partition coefficient (Wildman–Crippen LogP) is 2.25. The predicted molar refractivity (Wildman–Crippen MR) is 78.6 cm³/mol. The first kappa shape index (κ1) is 15.0. The van der Waals surface area contributed by atoms with Gasteiger partial charge in [-0.1, -0.05) is 0 Å². The molecule has 0 saturated heterocycles. The number of methoxy groups -OCH3 is 1. The van der Waals surface area contributed by atoms with Crippen molar-refractivity contribution in [1.29, 1.82) is 0 Å². The van der Waals surface area contributed by atoms with Crippen LogP contribution in [0.15, 0.2) is 27.9 Å². The van der Waals surface area contributed by atoms with Crippen molar-refractivity contribution < 1.29 is 13.2 Å². The standard InChI is InChI=1S/C13H16N2O3S2/c1-9-4-12(18-3)13(5-10(9)2)20(16,17)15-6-11-7-19-8-14-11/h4-5,7-8,15H,6H2,1-3H3. The van der Waals surface area contributed by atoms with Crippen molar-refractivity contribution in [2.24, 2.45) is 0 Å². The third kappa shape index (κ3) is 3.17. The molecule has 2 rings (SSSR count). The van der Waals surface area contributed by atoms with Crippen molar-refractivity contribution in [3.63, 3.8) is 0 Å². The van der Waals surface area contributed by atoms with Gasteiger partial charge in [-0.25, -0.2) is 18.1 Å². The van der Waals surface area contributed by atoms with Gasteiger partial charge in [0.05, 0.1) is 24.9 Å². The van der Waals surface area contributed by atoms with Gasteiger partial charge in [0.25, 0.3) is 0 Å². The number of aryl methyl sites for hydroxylation is 2. The summed E-state index contributed by atoms with van der Waals surface area (Å²) in [4.78, 5) is 4.20. The maximum Gasteiger partial charge on any atom is 0.244 e. The monoisotopic (exact) mass is 312 g/mol. The normalized spacial score (nSPS) is 11.6. The zero-order valence-corrected chi connectivity index (χ0v) is 13.1. The van der Waals surface area contributed by atoms with Crippen LogP contribution in [0.3, 0.4) is 0 Å². The van der Waals surface area contributed by atoms with Crippen LogP contribution in [0.1, 0.15) is 16.8 Å². The molecule has 20 heavy (non-hydrogen) atoms. The summed E-state index contributed by atoms with van der Waals surface area (Å²) in [5.74, 6) is 0.346. The van der Waals surface area contributed by atoms with Gasteiger partial charge in [-0.3, -0.25) is 0 Å². The van der Waals surface area contributed by atoms with Crippen molar-refractivity contribution in [2.45, 2.75) is 25.3 Å². The summed E-state index contributed by atoms with van der Waals surface area (Å²) >= 11 is 1.43. The third-order valence-corrected chi connectivity index (χ3v) is 5.05. The minimum Gasteiger partial charge on any atom is -0.495 e. The Kier molecular flexibility index (Phi) is 4.42. The molecule has 0 aliphatic heterocycles. The average molecular weight is 312 g/mol. The Morgan fingerprint density at radius 1 is 1.30 bits per heavy atom. The highest BCUT2D eigenvalue weighted by Crippen LogP contribution is 2.27. The minimum absolute atomic E-state index is 0.151. The number of hydrogen-bond acceptors (Lipinski definition) is 5. The van der Waals surface area contributed by atoms with Gasteiger partial charge in [-0.15, -0.1) is 11.3 Å². The molecule has 0 saturated carbocycles. The van der Waals surface area contributed by atoms with E-state index in [0.717, 1.165) is 11.1 Å². The molecule has 1 N–H and O–H groups in total. The third-order valence-electron chi connectivity index (χ3n) is 3.00. The Hall–Kier alpha value is -1.44. The van der Waals surface area contributed by atoms with Crippen LogP contribution >= 0.6 is 11.3 Å². The minimum atomic E-state index is -3.63. The van der Waals surface area contributed by atoms with Crippen LogP contribution in [0, 0.1) is 13.8 Å². The molecular weight excluding hydrogens is 296 g/mol. The molecule has 0 fully saturated rings. The fraction of sp³-hybridized carbons (Fsp3) is 0.308. The molecule has 0 radical (unpaired) electrons. The molecule has 5 nitrogen and oxygen atoms in total. The van der Waals surface area contributed by atoms with E-state index in [0.29, 0.717) is 11.4 Å². The van der Waals surface area contributed by atoms with Crippen LogP contribution in [-0.4, -0.2) is 20.5 Å². The quantitative estimate of drug-likeness (QED) is 0.919.